The predicted molar refractivity (Wildman–Crippen MR) is 178 cm³/mol. The van der Waals surface area contributed by atoms with Crippen LogP contribution in [0.1, 0.15) is 74.4 Å². The molecule has 9 heteroatoms. The number of esters is 1. The monoisotopic (exact) mass is 624 g/mol. The van der Waals surface area contributed by atoms with Crippen LogP contribution in [0, 0.1) is 0 Å². The van der Waals surface area contributed by atoms with Crippen molar-refractivity contribution in [3.05, 3.63) is 89.5 Å². The molecule has 3 N–H and O–H groups in total. The molecule has 0 aromatic heterocycles. The SMILES string of the molecule is C[C@@H]1CNC(C)(C)CC(=O)N[C@@H]2CCc3ccccc3N(Cc3ccc(cc3)-c3ccccc3C(=O)NCCCCC(=O)O1)C2=O. The second kappa shape index (κ2) is 14.7. The number of carbonyl (C=O) groups excluding carboxylic acids is 4. The number of aryl methyl sites for hydroxylation is 1. The molecule has 0 radical (unpaired) electrons. The van der Waals surface area contributed by atoms with Crippen LogP contribution in [-0.4, -0.2) is 54.5 Å². The van der Waals surface area contributed by atoms with Gasteiger partial charge < -0.3 is 25.6 Å². The van der Waals surface area contributed by atoms with E-state index in [-0.39, 0.29) is 42.6 Å². The van der Waals surface area contributed by atoms with Crippen molar-refractivity contribution in [3.63, 3.8) is 0 Å². The van der Waals surface area contributed by atoms with E-state index in [1.165, 1.54) is 0 Å². The summed E-state index contributed by atoms with van der Waals surface area (Å²) >= 11 is 0. The third kappa shape index (κ3) is 8.40. The second-order valence-electron chi connectivity index (χ2n) is 12.9. The van der Waals surface area contributed by atoms with Crippen LogP contribution in [0.4, 0.5) is 5.69 Å². The van der Waals surface area contributed by atoms with Gasteiger partial charge in [0.1, 0.15) is 12.1 Å². The molecule has 3 heterocycles. The van der Waals surface area contributed by atoms with E-state index in [0.29, 0.717) is 50.9 Å². The lowest BCUT2D eigenvalue weighted by Gasteiger charge is -2.29. The molecule has 3 aliphatic heterocycles. The van der Waals surface area contributed by atoms with E-state index >= 15 is 0 Å². The van der Waals surface area contributed by atoms with Crippen molar-refractivity contribution in [1.82, 2.24) is 16.0 Å². The molecule has 46 heavy (non-hydrogen) atoms. The summed E-state index contributed by atoms with van der Waals surface area (Å²) in [7, 11) is 0. The Bertz CT molecular complexity index is 1570. The zero-order valence-corrected chi connectivity index (χ0v) is 26.9. The van der Waals surface area contributed by atoms with Crippen LogP contribution in [-0.2, 0) is 32.1 Å². The van der Waals surface area contributed by atoms with Gasteiger partial charge in [-0.15, -0.1) is 0 Å². The van der Waals surface area contributed by atoms with E-state index in [9.17, 15) is 19.2 Å². The molecule has 3 amide bonds. The largest absolute Gasteiger partial charge is 0.461 e. The van der Waals surface area contributed by atoms with Gasteiger partial charge in [0.05, 0.1) is 6.54 Å². The lowest BCUT2D eigenvalue weighted by atomic mass is 9.98. The Labute approximate surface area is 271 Å². The maximum absolute atomic E-state index is 14.0. The van der Waals surface area contributed by atoms with Gasteiger partial charge in [0, 0.05) is 42.7 Å². The number of carbonyl (C=O) groups is 4. The van der Waals surface area contributed by atoms with Crippen molar-refractivity contribution >= 4 is 29.4 Å². The molecule has 0 saturated carbocycles. The number of nitrogens with one attached hydrogen (secondary N) is 3. The number of anilines is 1. The summed E-state index contributed by atoms with van der Waals surface area (Å²) < 4.78 is 5.57. The normalized spacial score (nSPS) is 21.8. The summed E-state index contributed by atoms with van der Waals surface area (Å²) in [6.45, 7) is 6.82. The van der Waals surface area contributed by atoms with E-state index in [1.54, 1.807) is 11.0 Å². The highest BCUT2D eigenvalue weighted by molar-refractivity contribution is 6.01. The maximum atomic E-state index is 14.0. The summed E-state index contributed by atoms with van der Waals surface area (Å²) in [6, 6.07) is 22.6. The molecule has 3 aliphatic rings. The molecule has 9 nitrogen and oxygen atoms in total. The van der Waals surface area contributed by atoms with Crippen molar-refractivity contribution < 1.29 is 23.9 Å². The van der Waals surface area contributed by atoms with Gasteiger partial charge in [0.25, 0.3) is 5.91 Å². The smallest absolute Gasteiger partial charge is 0.306 e. The fourth-order valence-electron chi connectivity index (χ4n) is 6.06. The van der Waals surface area contributed by atoms with E-state index in [1.807, 2.05) is 87.5 Å². The van der Waals surface area contributed by atoms with Gasteiger partial charge in [0.15, 0.2) is 0 Å². The number of hydrogen-bond donors (Lipinski definition) is 3. The first kappa shape index (κ1) is 32.9. The number of fused-ring (bicyclic) bond motifs is 17. The van der Waals surface area contributed by atoms with Crippen molar-refractivity contribution in [1.29, 1.82) is 0 Å². The summed E-state index contributed by atoms with van der Waals surface area (Å²) in [4.78, 5) is 54.7. The molecule has 242 valence electrons. The molecule has 6 rings (SSSR count). The van der Waals surface area contributed by atoms with Crippen LogP contribution in [0.25, 0.3) is 11.1 Å². The Morgan fingerprint density at radius 2 is 1.57 bits per heavy atom. The average Bonchev–Trinajstić information content (AvgIpc) is 3.16. The van der Waals surface area contributed by atoms with Crippen LogP contribution >= 0.6 is 0 Å². The molecule has 3 aromatic carbocycles. The highest BCUT2D eigenvalue weighted by atomic mass is 16.5. The Balaban J connectivity index is 1.43. The third-order valence-electron chi connectivity index (χ3n) is 8.56. The number of ether oxygens (including phenoxy) is 1. The van der Waals surface area contributed by atoms with Gasteiger partial charge in [-0.05, 0) is 80.8 Å². The lowest BCUT2D eigenvalue weighted by molar-refractivity contribution is -0.148. The van der Waals surface area contributed by atoms with Gasteiger partial charge in [-0.3, -0.25) is 19.2 Å². The molecule has 4 bridgehead atoms. The van der Waals surface area contributed by atoms with Crippen LogP contribution in [0.5, 0.6) is 0 Å². The molecule has 0 aliphatic carbocycles. The van der Waals surface area contributed by atoms with Gasteiger partial charge >= 0.3 is 5.97 Å². The second-order valence-corrected chi connectivity index (χ2v) is 12.9. The summed E-state index contributed by atoms with van der Waals surface area (Å²) in [6.07, 6.45) is 2.41. The molecule has 0 unspecified atom stereocenters. The zero-order chi connectivity index (χ0) is 32.7. The number of rotatable bonds is 0. The minimum absolute atomic E-state index is 0.152. The number of para-hydroxylation sites is 1. The number of hydrogen-bond acceptors (Lipinski definition) is 6. The van der Waals surface area contributed by atoms with Gasteiger partial charge in [-0.25, -0.2) is 0 Å². The minimum atomic E-state index is -0.672. The Morgan fingerprint density at radius 3 is 2.35 bits per heavy atom. The highest BCUT2D eigenvalue weighted by Gasteiger charge is 2.33. The average molecular weight is 625 g/mol. The van der Waals surface area contributed by atoms with Crippen LogP contribution in [0.2, 0.25) is 0 Å². The fraction of sp³-hybridized carbons (Fsp3) is 0.405. The molecule has 3 aromatic rings. The molecule has 0 saturated heterocycles. The Morgan fingerprint density at radius 1 is 0.848 bits per heavy atom. The van der Waals surface area contributed by atoms with E-state index in [0.717, 1.165) is 27.9 Å². The number of amides is 3. The topological polar surface area (TPSA) is 117 Å². The molecular formula is C37H44N4O5. The summed E-state index contributed by atoms with van der Waals surface area (Å²) in [5.41, 5.74) is 4.51. The summed E-state index contributed by atoms with van der Waals surface area (Å²) in [5, 5.41) is 9.34. The molecule has 2 atom stereocenters. The maximum Gasteiger partial charge on any atom is 0.306 e. The standard InChI is InChI=1S/C37H44N4O5/c1-25-23-39-37(2,3)22-33(42)40-31-20-19-28-10-4-7-13-32(28)41(36(31)45)24-26-15-17-27(18-16-26)29-11-5-6-12-30(29)35(44)38-21-9-8-14-34(43)46-25/h4-7,10-13,15-18,25,31,39H,8-9,14,19-24H2,1-3H3,(H,38,44)(H,40,42)/t25-,31-/m1/s1. The quantitative estimate of drug-likeness (QED) is 0.306. The van der Waals surface area contributed by atoms with Crippen molar-refractivity contribution in [2.45, 2.75) is 83.5 Å². The van der Waals surface area contributed by atoms with Crippen LogP contribution in [0.3, 0.4) is 0 Å². The summed E-state index contributed by atoms with van der Waals surface area (Å²) in [5.74, 6) is -0.841. The molecule has 0 fully saturated rings. The van der Waals surface area contributed by atoms with Crippen molar-refractivity contribution in [2.75, 3.05) is 18.0 Å². The van der Waals surface area contributed by atoms with Crippen LogP contribution in [0.15, 0.2) is 72.8 Å². The van der Waals surface area contributed by atoms with Crippen molar-refractivity contribution in [2.24, 2.45) is 0 Å². The Kier molecular flexibility index (Phi) is 10.5. The Hall–Kier alpha value is -4.50. The van der Waals surface area contributed by atoms with Crippen LogP contribution < -0.4 is 20.9 Å². The molecule has 0 spiro atoms. The van der Waals surface area contributed by atoms with Gasteiger partial charge in [-0.2, -0.15) is 0 Å². The first-order valence-corrected chi connectivity index (χ1v) is 16.2. The third-order valence-corrected chi connectivity index (χ3v) is 8.56. The fourth-order valence-corrected chi connectivity index (χ4v) is 6.06. The first-order chi connectivity index (χ1) is 22.1. The predicted octanol–water partition coefficient (Wildman–Crippen LogP) is 4.92. The van der Waals surface area contributed by atoms with E-state index < -0.39 is 11.6 Å². The van der Waals surface area contributed by atoms with E-state index in [2.05, 4.69) is 16.0 Å². The van der Waals surface area contributed by atoms with Gasteiger partial charge in [-0.1, -0.05) is 60.7 Å². The minimum Gasteiger partial charge on any atom is -0.461 e. The van der Waals surface area contributed by atoms with Crippen molar-refractivity contribution in [3.8, 4) is 11.1 Å². The van der Waals surface area contributed by atoms with E-state index in [4.69, 9.17) is 4.74 Å². The molecular weight excluding hydrogens is 580 g/mol. The zero-order valence-electron chi connectivity index (χ0n) is 26.9. The highest BCUT2D eigenvalue weighted by Crippen LogP contribution is 2.30. The number of nitrogens with zero attached hydrogens (tertiary/aromatic N) is 1. The number of benzene rings is 3. The lowest BCUT2D eigenvalue weighted by Crippen LogP contribution is -2.51. The van der Waals surface area contributed by atoms with Gasteiger partial charge in [0.2, 0.25) is 11.8 Å². The first-order valence-electron chi connectivity index (χ1n) is 16.2.